The number of carbonyl (C=O) groups is 1. The first-order valence-electron chi connectivity index (χ1n) is 7.21. The fourth-order valence-electron chi connectivity index (χ4n) is 2.77. The Bertz CT molecular complexity index is 456. The van der Waals surface area contributed by atoms with Gasteiger partial charge in [0.15, 0.2) is 5.78 Å². The van der Waals surface area contributed by atoms with Gasteiger partial charge in [0.05, 0.1) is 6.54 Å². The van der Waals surface area contributed by atoms with Gasteiger partial charge in [-0.05, 0) is 52.0 Å². The van der Waals surface area contributed by atoms with Crippen LogP contribution >= 0.6 is 15.9 Å². The highest BCUT2D eigenvalue weighted by molar-refractivity contribution is 9.10. The molecule has 3 nitrogen and oxygen atoms in total. The summed E-state index contributed by atoms with van der Waals surface area (Å²) in [7, 11) is 4.23. The Morgan fingerprint density at radius 3 is 2.65 bits per heavy atom. The van der Waals surface area contributed by atoms with E-state index in [1.54, 1.807) is 0 Å². The molecule has 2 rings (SSSR count). The minimum Gasteiger partial charge on any atom is -0.306 e. The molecular weight excluding hydrogens is 316 g/mol. The maximum Gasteiger partial charge on any atom is 0.177 e. The monoisotopic (exact) mass is 338 g/mol. The van der Waals surface area contributed by atoms with Gasteiger partial charge >= 0.3 is 0 Å². The average molecular weight is 339 g/mol. The predicted octanol–water partition coefficient (Wildman–Crippen LogP) is 2.91. The standard InChI is InChI=1S/C16H23BrN2O/c1-18-9-7-13(8-10-18)11-19(2)12-16(20)14-5-3-4-6-15(14)17/h3-6,13H,7-12H2,1-2H3. The average Bonchev–Trinajstić information content (AvgIpc) is 2.41. The largest absolute Gasteiger partial charge is 0.306 e. The molecule has 0 radical (unpaired) electrons. The van der Waals surface area contributed by atoms with Gasteiger partial charge in [-0.2, -0.15) is 0 Å². The fraction of sp³-hybridized carbons (Fsp3) is 0.562. The van der Waals surface area contributed by atoms with Crippen LogP contribution < -0.4 is 0 Å². The summed E-state index contributed by atoms with van der Waals surface area (Å²) in [5, 5.41) is 0. The predicted molar refractivity (Wildman–Crippen MR) is 86.2 cm³/mol. The Balaban J connectivity index is 1.84. The van der Waals surface area contributed by atoms with E-state index in [2.05, 4.69) is 32.8 Å². The van der Waals surface area contributed by atoms with Crippen molar-refractivity contribution in [3.8, 4) is 0 Å². The normalized spacial score (nSPS) is 17.6. The number of halogens is 1. The van der Waals surface area contributed by atoms with E-state index < -0.39 is 0 Å². The molecule has 0 saturated carbocycles. The van der Waals surface area contributed by atoms with Gasteiger partial charge in [-0.1, -0.05) is 34.1 Å². The number of likely N-dealkylation sites (N-methyl/N-ethyl adjacent to an activating group) is 1. The summed E-state index contributed by atoms with van der Waals surface area (Å²) >= 11 is 3.45. The fourth-order valence-corrected chi connectivity index (χ4v) is 3.27. The first-order valence-corrected chi connectivity index (χ1v) is 8.00. The van der Waals surface area contributed by atoms with Crippen LogP contribution in [-0.4, -0.2) is 55.9 Å². The molecule has 0 unspecified atom stereocenters. The van der Waals surface area contributed by atoms with Gasteiger partial charge in [0, 0.05) is 16.6 Å². The van der Waals surface area contributed by atoms with E-state index in [4.69, 9.17) is 0 Å². The van der Waals surface area contributed by atoms with Crippen molar-refractivity contribution < 1.29 is 4.79 Å². The minimum atomic E-state index is 0.188. The van der Waals surface area contributed by atoms with Gasteiger partial charge in [-0.15, -0.1) is 0 Å². The summed E-state index contributed by atoms with van der Waals surface area (Å²) in [5.41, 5.74) is 0.780. The van der Waals surface area contributed by atoms with Crippen molar-refractivity contribution in [1.82, 2.24) is 9.80 Å². The van der Waals surface area contributed by atoms with E-state index in [-0.39, 0.29) is 5.78 Å². The molecule has 1 heterocycles. The summed E-state index contributed by atoms with van der Waals surface area (Å²) in [6.07, 6.45) is 2.48. The van der Waals surface area contributed by atoms with Crippen molar-refractivity contribution in [3.63, 3.8) is 0 Å². The molecule has 1 aliphatic heterocycles. The molecule has 0 atom stereocenters. The van der Waals surface area contributed by atoms with E-state index in [0.29, 0.717) is 6.54 Å². The number of benzene rings is 1. The van der Waals surface area contributed by atoms with Crippen molar-refractivity contribution in [2.75, 3.05) is 40.3 Å². The molecule has 0 aromatic heterocycles. The van der Waals surface area contributed by atoms with Crippen molar-refractivity contribution in [3.05, 3.63) is 34.3 Å². The van der Waals surface area contributed by atoms with E-state index in [1.165, 1.54) is 25.9 Å². The van der Waals surface area contributed by atoms with E-state index in [0.717, 1.165) is 22.5 Å². The number of Topliss-reactive ketones (excluding diaryl/α,β-unsaturated/α-hetero) is 1. The van der Waals surface area contributed by atoms with Crippen LogP contribution in [0.15, 0.2) is 28.7 Å². The second kappa shape index (κ2) is 7.34. The van der Waals surface area contributed by atoms with E-state index in [9.17, 15) is 4.79 Å². The van der Waals surface area contributed by atoms with Crippen LogP contribution in [0.2, 0.25) is 0 Å². The molecule has 0 spiro atoms. The van der Waals surface area contributed by atoms with Crippen LogP contribution in [0, 0.1) is 5.92 Å². The Morgan fingerprint density at radius 2 is 2.00 bits per heavy atom. The highest BCUT2D eigenvalue weighted by Crippen LogP contribution is 2.19. The molecule has 1 saturated heterocycles. The summed E-state index contributed by atoms with van der Waals surface area (Å²) in [6, 6.07) is 7.65. The van der Waals surface area contributed by atoms with Gasteiger partial charge < -0.3 is 4.90 Å². The Labute approximate surface area is 130 Å². The second-order valence-corrected chi connectivity index (χ2v) is 6.70. The van der Waals surface area contributed by atoms with Gasteiger partial charge in [0.2, 0.25) is 0 Å². The third-order valence-electron chi connectivity index (χ3n) is 4.00. The van der Waals surface area contributed by atoms with Crippen LogP contribution in [0.4, 0.5) is 0 Å². The molecule has 0 bridgehead atoms. The van der Waals surface area contributed by atoms with Crippen molar-refractivity contribution in [2.45, 2.75) is 12.8 Å². The molecule has 1 fully saturated rings. The number of rotatable bonds is 5. The van der Waals surface area contributed by atoms with Crippen LogP contribution in [0.25, 0.3) is 0 Å². The van der Waals surface area contributed by atoms with Crippen molar-refractivity contribution in [2.24, 2.45) is 5.92 Å². The summed E-state index contributed by atoms with van der Waals surface area (Å²) in [6.45, 7) is 3.87. The molecule has 1 aromatic carbocycles. The van der Waals surface area contributed by atoms with Crippen LogP contribution in [0.1, 0.15) is 23.2 Å². The molecule has 110 valence electrons. The zero-order valence-electron chi connectivity index (χ0n) is 12.3. The topological polar surface area (TPSA) is 23.6 Å². The Morgan fingerprint density at radius 1 is 1.35 bits per heavy atom. The smallest absolute Gasteiger partial charge is 0.177 e. The van der Waals surface area contributed by atoms with Gasteiger partial charge in [0.25, 0.3) is 0 Å². The third-order valence-corrected chi connectivity index (χ3v) is 4.69. The SMILES string of the molecule is CN1CCC(CN(C)CC(=O)c2ccccc2Br)CC1. The molecule has 1 aromatic rings. The second-order valence-electron chi connectivity index (χ2n) is 5.85. The van der Waals surface area contributed by atoms with Crippen molar-refractivity contribution in [1.29, 1.82) is 0 Å². The highest BCUT2D eigenvalue weighted by Gasteiger charge is 2.19. The van der Waals surface area contributed by atoms with Crippen LogP contribution in [-0.2, 0) is 0 Å². The van der Waals surface area contributed by atoms with Crippen molar-refractivity contribution >= 4 is 21.7 Å². The zero-order valence-corrected chi connectivity index (χ0v) is 13.9. The number of nitrogens with zero attached hydrogens (tertiary/aromatic N) is 2. The summed E-state index contributed by atoms with van der Waals surface area (Å²) < 4.78 is 0.887. The third kappa shape index (κ3) is 4.40. The minimum absolute atomic E-state index is 0.188. The number of likely N-dealkylation sites (tertiary alicyclic amines) is 1. The Kier molecular flexibility index (Phi) is 5.75. The first-order chi connectivity index (χ1) is 9.56. The number of hydrogen-bond donors (Lipinski definition) is 0. The first kappa shape index (κ1) is 15.7. The molecule has 0 aliphatic carbocycles. The lowest BCUT2D eigenvalue weighted by molar-refractivity contribution is 0.0924. The van der Waals surface area contributed by atoms with E-state index >= 15 is 0 Å². The van der Waals surface area contributed by atoms with Crippen LogP contribution in [0.5, 0.6) is 0 Å². The zero-order chi connectivity index (χ0) is 14.5. The van der Waals surface area contributed by atoms with Gasteiger partial charge in [-0.3, -0.25) is 9.69 Å². The maximum atomic E-state index is 12.3. The lowest BCUT2D eigenvalue weighted by Crippen LogP contribution is -2.37. The van der Waals surface area contributed by atoms with Gasteiger partial charge in [-0.25, -0.2) is 0 Å². The molecule has 20 heavy (non-hydrogen) atoms. The number of hydrogen-bond acceptors (Lipinski definition) is 3. The molecule has 1 aliphatic rings. The summed E-state index contributed by atoms with van der Waals surface area (Å²) in [4.78, 5) is 16.8. The highest BCUT2D eigenvalue weighted by atomic mass is 79.9. The molecule has 0 amide bonds. The molecular formula is C16H23BrN2O. The maximum absolute atomic E-state index is 12.3. The lowest BCUT2D eigenvalue weighted by atomic mass is 9.96. The quantitative estimate of drug-likeness (QED) is 0.771. The van der Waals surface area contributed by atoms with E-state index in [1.807, 2.05) is 31.3 Å². The lowest BCUT2D eigenvalue weighted by Gasteiger charge is -2.31. The van der Waals surface area contributed by atoms with Gasteiger partial charge in [0.1, 0.15) is 0 Å². The number of carbonyl (C=O) groups excluding carboxylic acids is 1. The summed E-state index contributed by atoms with van der Waals surface area (Å²) in [5.74, 6) is 0.913. The van der Waals surface area contributed by atoms with Crippen LogP contribution in [0.3, 0.4) is 0 Å². The number of piperidine rings is 1. The molecule has 4 heteroatoms. The molecule has 0 N–H and O–H groups in total. The number of ketones is 1. The Hall–Kier alpha value is -0.710.